The maximum absolute atomic E-state index is 12.5. The molecular weight excluding hydrogens is 306 g/mol. The second-order valence-corrected chi connectivity index (χ2v) is 5.40. The quantitative estimate of drug-likeness (QED) is 0.444. The number of aromatic nitrogens is 1. The van der Waals surface area contributed by atoms with Crippen LogP contribution >= 0.6 is 0 Å². The molecule has 3 aromatic rings. The minimum atomic E-state index is -0.914. The van der Waals surface area contributed by atoms with Crippen LogP contribution in [0, 0.1) is 0 Å². The molecule has 0 saturated heterocycles. The fourth-order valence-corrected chi connectivity index (χ4v) is 2.47. The number of benzene rings is 2. The predicted octanol–water partition coefficient (Wildman–Crippen LogP) is 3.41. The van der Waals surface area contributed by atoms with E-state index in [1.807, 2.05) is 24.3 Å². The molecule has 0 aliphatic heterocycles. The topological polar surface area (TPSA) is 76.2 Å². The Morgan fingerprint density at radius 2 is 1.79 bits per heavy atom. The number of carbonyl (C=O) groups excluding carboxylic acids is 3. The first-order valence-electron chi connectivity index (χ1n) is 7.46. The molecule has 1 heterocycles. The standard InChI is InChI=1S/C19H15NO4/c1-12(24-19(23)14-8-6-13(11-21)7-9-14)18(22)16-10-20-17-5-3-2-4-15(16)17/h2-12,20H,1H3/t12-/m0/s1. The molecular formula is C19H15NO4. The van der Waals surface area contributed by atoms with Gasteiger partial charge >= 0.3 is 5.97 Å². The number of rotatable bonds is 5. The van der Waals surface area contributed by atoms with Gasteiger partial charge in [0.1, 0.15) is 6.29 Å². The zero-order chi connectivity index (χ0) is 17.1. The van der Waals surface area contributed by atoms with Crippen LogP contribution in [0.5, 0.6) is 0 Å². The Morgan fingerprint density at radius 1 is 1.08 bits per heavy atom. The third kappa shape index (κ3) is 2.96. The summed E-state index contributed by atoms with van der Waals surface area (Å²) in [6.45, 7) is 1.54. The molecule has 5 heteroatoms. The Hall–Kier alpha value is -3.21. The lowest BCUT2D eigenvalue weighted by Gasteiger charge is -2.12. The summed E-state index contributed by atoms with van der Waals surface area (Å²) < 4.78 is 5.25. The van der Waals surface area contributed by atoms with Crippen molar-refractivity contribution in [3.63, 3.8) is 0 Å². The van der Waals surface area contributed by atoms with Crippen LogP contribution < -0.4 is 0 Å². The number of nitrogens with one attached hydrogen (secondary N) is 1. The van der Waals surface area contributed by atoms with Crippen molar-refractivity contribution in [2.75, 3.05) is 0 Å². The van der Waals surface area contributed by atoms with Crippen molar-refractivity contribution in [3.05, 3.63) is 71.4 Å². The molecule has 0 spiro atoms. The lowest BCUT2D eigenvalue weighted by Crippen LogP contribution is -2.24. The first-order valence-corrected chi connectivity index (χ1v) is 7.46. The monoisotopic (exact) mass is 321 g/mol. The molecule has 5 nitrogen and oxygen atoms in total. The maximum atomic E-state index is 12.5. The van der Waals surface area contributed by atoms with Crippen LogP contribution in [-0.2, 0) is 4.74 Å². The Morgan fingerprint density at radius 3 is 2.50 bits per heavy atom. The van der Waals surface area contributed by atoms with Gasteiger partial charge in [0, 0.05) is 28.2 Å². The van der Waals surface area contributed by atoms with Crippen LogP contribution in [0.3, 0.4) is 0 Å². The first kappa shape index (κ1) is 15.7. The minimum Gasteiger partial charge on any atom is -0.451 e. The van der Waals surface area contributed by atoms with E-state index in [-0.39, 0.29) is 5.78 Å². The average Bonchev–Trinajstić information content (AvgIpc) is 3.05. The molecule has 0 fully saturated rings. The van der Waals surface area contributed by atoms with E-state index in [0.29, 0.717) is 23.0 Å². The van der Waals surface area contributed by atoms with Gasteiger partial charge in [0.15, 0.2) is 6.10 Å². The van der Waals surface area contributed by atoms with E-state index in [0.717, 1.165) is 10.9 Å². The molecule has 3 rings (SSSR count). The third-order valence-corrected chi connectivity index (χ3v) is 3.79. The highest BCUT2D eigenvalue weighted by molar-refractivity contribution is 6.10. The van der Waals surface area contributed by atoms with Gasteiger partial charge in [0.2, 0.25) is 5.78 Å². The highest BCUT2D eigenvalue weighted by atomic mass is 16.5. The van der Waals surface area contributed by atoms with Gasteiger partial charge in [-0.2, -0.15) is 0 Å². The number of esters is 1. The number of aldehydes is 1. The molecule has 0 saturated carbocycles. The second-order valence-electron chi connectivity index (χ2n) is 5.40. The van der Waals surface area contributed by atoms with Crippen molar-refractivity contribution in [2.45, 2.75) is 13.0 Å². The van der Waals surface area contributed by atoms with Crippen molar-refractivity contribution in [2.24, 2.45) is 0 Å². The lowest BCUT2D eigenvalue weighted by molar-refractivity contribution is 0.0319. The van der Waals surface area contributed by atoms with Gasteiger partial charge in [-0.3, -0.25) is 9.59 Å². The molecule has 2 aromatic carbocycles. The fraction of sp³-hybridized carbons (Fsp3) is 0.105. The molecule has 0 radical (unpaired) electrons. The van der Waals surface area contributed by atoms with Crippen LogP contribution in [0.15, 0.2) is 54.7 Å². The van der Waals surface area contributed by atoms with Gasteiger partial charge in [-0.05, 0) is 25.1 Å². The molecule has 0 unspecified atom stereocenters. The zero-order valence-corrected chi connectivity index (χ0v) is 13.0. The number of hydrogen-bond acceptors (Lipinski definition) is 4. The summed E-state index contributed by atoms with van der Waals surface area (Å²) in [6.07, 6.45) is 1.40. The summed E-state index contributed by atoms with van der Waals surface area (Å²) in [7, 11) is 0. The Kier molecular flexibility index (Phi) is 4.24. The molecule has 0 amide bonds. The van der Waals surface area contributed by atoms with Gasteiger partial charge in [-0.1, -0.05) is 30.3 Å². The summed E-state index contributed by atoms with van der Waals surface area (Å²) in [5.74, 6) is -0.876. The number of ketones is 1. The van der Waals surface area contributed by atoms with Gasteiger partial charge < -0.3 is 9.72 Å². The Labute approximate surface area is 138 Å². The molecule has 0 bridgehead atoms. The van der Waals surface area contributed by atoms with Gasteiger partial charge in [-0.15, -0.1) is 0 Å². The van der Waals surface area contributed by atoms with Crippen LogP contribution in [0.2, 0.25) is 0 Å². The van der Waals surface area contributed by atoms with Crippen LogP contribution in [0.1, 0.15) is 38.0 Å². The molecule has 120 valence electrons. The first-order chi connectivity index (χ1) is 11.6. The Bertz CT molecular complexity index is 909. The Balaban J connectivity index is 1.76. The van der Waals surface area contributed by atoms with Gasteiger partial charge in [0.05, 0.1) is 5.56 Å². The van der Waals surface area contributed by atoms with Crippen LogP contribution in [0.4, 0.5) is 0 Å². The van der Waals surface area contributed by atoms with E-state index in [2.05, 4.69) is 4.98 Å². The molecule has 1 N–H and O–H groups in total. The zero-order valence-electron chi connectivity index (χ0n) is 13.0. The van der Waals surface area contributed by atoms with Gasteiger partial charge in [-0.25, -0.2) is 4.79 Å². The molecule has 0 aliphatic rings. The summed E-state index contributed by atoms with van der Waals surface area (Å²) in [6, 6.07) is 13.5. The number of carbonyl (C=O) groups is 3. The van der Waals surface area contributed by atoms with E-state index in [1.54, 1.807) is 13.1 Å². The molecule has 24 heavy (non-hydrogen) atoms. The molecule has 1 aromatic heterocycles. The van der Waals surface area contributed by atoms with E-state index < -0.39 is 12.1 Å². The largest absolute Gasteiger partial charge is 0.451 e. The number of ether oxygens (including phenoxy) is 1. The number of H-pyrrole nitrogens is 1. The number of Topliss-reactive ketones (excluding diaryl/α,β-unsaturated/α-hetero) is 1. The SMILES string of the molecule is C[C@H](OC(=O)c1ccc(C=O)cc1)C(=O)c1c[nH]c2ccccc12. The smallest absolute Gasteiger partial charge is 0.338 e. The second kappa shape index (κ2) is 6.50. The minimum absolute atomic E-state index is 0.273. The van der Waals surface area contributed by atoms with E-state index in [4.69, 9.17) is 4.74 Å². The summed E-state index contributed by atoms with van der Waals surface area (Å²) in [5.41, 5.74) is 2.10. The van der Waals surface area contributed by atoms with E-state index in [1.165, 1.54) is 24.3 Å². The fourth-order valence-electron chi connectivity index (χ4n) is 2.47. The van der Waals surface area contributed by atoms with E-state index >= 15 is 0 Å². The van der Waals surface area contributed by atoms with Crippen molar-refractivity contribution in [1.29, 1.82) is 0 Å². The molecule has 1 atom stereocenters. The number of aromatic amines is 1. The number of para-hydroxylation sites is 1. The normalized spacial score (nSPS) is 11.9. The van der Waals surface area contributed by atoms with Crippen molar-refractivity contribution >= 4 is 28.9 Å². The summed E-state index contributed by atoms with van der Waals surface area (Å²) >= 11 is 0. The van der Waals surface area contributed by atoms with Crippen molar-refractivity contribution < 1.29 is 19.1 Å². The molecule has 0 aliphatic carbocycles. The maximum Gasteiger partial charge on any atom is 0.338 e. The van der Waals surface area contributed by atoms with Crippen LogP contribution in [-0.4, -0.2) is 29.1 Å². The number of hydrogen-bond donors (Lipinski definition) is 1. The third-order valence-electron chi connectivity index (χ3n) is 3.79. The summed E-state index contributed by atoms with van der Waals surface area (Å²) in [4.78, 5) is 38.3. The van der Waals surface area contributed by atoms with Crippen LogP contribution in [0.25, 0.3) is 10.9 Å². The lowest BCUT2D eigenvalue weighted by atomic mass is 10.1. The summed E-state index contributed by atoms with van der Waals surface area (Å²) in [5, 5.41) is 0.792. The highest BCUT2D eigenvalue weighted by Gasteiger charge is 2.22. The average molecular weight is 321 g/mol. The van der Waals surface area contributed by atoms with Crippen molar-refractivity contribution in [1.82, 2.24) is 4.98 Å². The van der Waals surface area contributed by atoms with E-state index in [9.17, 15) is 14.4 Å². The van der Waals surface area contributed by atoms with Crippen molar-refractivity contribution in [3.8, 4) is 0 Å². The predicted molar refractivity (Wildman–Crippen MR) is 89.3 cm³/mol. The van der Waals surface area contributed by atoms with Gasteiger partial charge in [0.25, 0.3) is 0 Å². The highest BCUT2D eigenvalue weighted by Crippen LogP contribution is 2.20. The number of fused-ring (bicyclic) bond motifs is 1.